The Morgan fingerprint density at radius 1 is 0.133 bits per heavy atom. The van der Waals surface area contributed by atoms with Crippen molar-refractivity contribution in [3.05, 3.63) is 449 Å². The van der Waals surface area contributed by atoms with Crippen LogP contribution in [0.3, 0.4) is 0 Å². The van der Waals surface area contributed by atoms with Crippen LogP contribution in [0, 0.1) is 0 Å². The Hall–Kier alpha value is -16.0. The summed E-state index contributed by atoms with van der Waals surface area (Å²) in [5.41, 5.74) is 29.6. The smallest absolute Gasteiger partial charge is 0.160 e. The van der Waals surface area contributed by atoms with Crippen LogP contribution < -0.4 is 0 Å². The van der Waals surface area contributed by atoms with Gasteiger partial charge in [-0.3, -0.25) is 0 Å². The molecule has 0 aliphatic heterocycles. The maximum absolute atomic E-state index is 5.29. The second-order valence-corrected chi connectivity index (χ2v) is 30.4. The monoisotopic (exact) mass is 1530 g/mol. The predicted octanol–water partition coefficient (Wildman–Crippen LogP) is 30.0. The van der Waals surface area contributed by atoms with E-state index in [0.29, 0.717) is 11.6 Å². The van der Waals surface area contributed by atoms with Crippen molar-refractivity contribution < 1.29 is 0 Å². The highest BCUT2D eigenvalue weighted by molar-refractivity contribution is 6.19. The van der Waals surface area contributed by atoms with Gasteiger partial charge in [0, 0.05) is 76.8 Å². The average Bonchev–Trinajstić information content (AvgIpc) is 0.742. The SMILES string of the molecule is c1ccc(-c2cc(-c3ccccc3)cc(-c3cc(-c4ccc(-c5ccc6nc(-c7ccccc7)c7cccc(-c8ccccc8)c7c6c5)cc4)nc(-c4ccccc4)n3)c2)cc1.c1ccc(-c2nc3ccc(-c4ccc(-c5cc(-c6ccc7ccccc7c6)nc(-c6ccc7ccccc7c6)n5)cc4)cc3c3c(-c4ccccc4)cccc23)cc1. The maximum Gasteiger partial charge on any atom is 0.160 e. The molecule has 22 rings (SSSR count). The summed E-state index contributed by atoms with van der Waals surface area (Å²) >= 11 is 0. The summed E-state index contributed by atoms with van der Waals surface area (Å²) in [6.07, 6.45) is 0. The van der Waals surface area contributed by atoms with Crippen molar-refractivity contribution in [3.63, 3.8) is 0 Å². The molecular formula is C114H74N6. The molecule has 0 fully saturated rings. The Balaban J connectivity index is 0.000000149. The third kappa shape index (κ3) is 14.3. The lowest BCUT2D eigenvalue weighted by Crippen LogP contribution is -1.96. The zero-order chi connectivity index (χ0) is 79.7. The van der Waals surface area contributed by atoms with E-state index >= 15 is 0 Å². The van der Waals surface area contributed by atoms with Crippen LogP contribution >= 0.6 is 0 Å². The summed E-state index contributed by atoms with van der Waals surface area (Å²) in [4.78, 5) is 31.4. The zero-order valence-corrected chi connectivity index (χ0v) is 65.4. The van der Waals surface area contributed by atoms with Gasteiger partial charge in [-0.05, 0) is 155 Å². The standard InChI is InChI=1S/C59H39N3.C55H35N3/c1-6-17-40(18-7-1)48-35-49(41-19-8-2-9-20-41)37-50(36-48)56-39-55(61-59(62-56)46-25-14-5-15-26-46)44-31-29-42(30-32-44)47-33-34-54-53(38-47)57-51(43-21-10-3-11-22-43)27-16-28-52(57)58(60-54)45-23-12-4-13-24-45;1-3-14-39(15-4-1)47-20-11-21-48-53(47)49-34-44(30-31-50(49)56-54(48)41-16-5-2-6-17-41)38-22-26-40(27-23-38)51-35-52(45-28-24-36-12-7-9-18-42(36)32-45)58-55(57-51)46-29-25-37-13-8-10-19-43(37)33-46/h1-39H;1-35H. The maximum atomic E-state index is 5.29. The Bertz CT molecular complexity index is 7420. The quantitative estimate of drug-likeness (QED) is 0.101. The van der Waals surface area contributed by atoms with Crippen LogP contribution in [-0.4, -0.2) is 29.9 Å². The minimum absolute atomic E-state index is 0.687. The number of aromatic nitrogens is 6. The van der Waals surface area contributed by atoms with E-state index in [0.717, 1.165) is 161 Å². The minimum Gasteiger partial charge on any atom is -0.247 e. The van der Waals surface area contributed by atoms with Crippen molar-refractivity contribution >= 4 is 64.9 Å². The van der Waals surface area contributed by atoms with E-state index in [1.807, 2.05) is 18.2 Å². The molecule has 0 atom stereocenters. The van der Waals surface area contributed by atoms with Gasteiger partial charge in [0.05, 0.1) is 45.2 Å². The van der Waals surface area contributed by atoms with Crippen LogP contribution in [0.25, 0.3) is 222 Å². The molecule has 0 N–H and O–H groups in total. The average molecular weight is 1530 g/mol. The molecule has 0 aliphatic carbocycles. The number of nitrogens with zero attached hydrogens (tertiary/aromatic N) is 6. The molecule has 22 aromatic rings. The summed E-state index contributed by atoms with van der Waals surface area (Å²) in [6.45, 7) is 0. The van der Waals surface area contributed by atoms with Gasteiger partial charge in [0.1, 0.15) is 0 Å². The number of fused-ring (bicyclic) bond motifs is 8. The highest BCUT2D eigenvalue weighted by Crippen LogP contribution is 2.44. The Labute approximate surface area is 696 Å². The Morgan fingerprint density at radius 3 is 0.858 bits per heavy atom. The third-order valence-corrected chi connectivity index (χ3v) is 22.9. The van der Waals surface area contributed by atoms with Crippen LogP contribution in [0.1, 0.15) is 0 Å². The number of hydrogen-bond acceptors (Lipinski definition) is 6. The lowest BCUT2D eigenvalue weighted by Gasteiger charge is -2.15. The fraction of sp³-hybridized carbons (Fsp3) is 0. The summed E-state index contributed by atoms with van der Waals surface area (Å²) in [6, 6.07) is 159. The van der Waals surface area contributed by atoms with Crippen molar-refractivity contribution in [3.8, 4) is 157 Å². The Morgan fingerprint density at radius 2 is 0.433 bits per heavy atom. The van der Waals surface area contributed by atoms with Crippen LogP contribution in [0.5, 0.6) is 0 Å². The molecule has 0 radical (unpaired) electrons. The molecular weight excluding hydrogens is 1450 g/mol. The van der Waals surface area contributed by atoms with E-state index in [2.05, 4.69) is 431 Å². The van der Waals surface area contributed by atoms with Gasteiger partial charge < -0.3 is 0 Å². The third-order valence-electron chi connectivity index (χ3n) is 22.9. The molecule has 120 heavy (non-hydrogen) atoms. The first kappa shape index (κ1) is 71.7. The van der Waals surface area contributed by atoms with E-state index in [1.165, 1.54) is 49.2 Å². The molecule has 0 amide bonds. The first-order valence-corrected chi connectivity index (χ1v) is 40.7. The highest BCUT2D eigenvalue weighted by Gasteiger charge is 2.21. The predicted molar refractivity (Wildman–Crippen MR) is 501 cm³/mol. The van der Waals surface area contributed by atoms with Crippen molar-refractivity contribution in [1.29, 1.82) is 0 Å². The molecule has 560 valence electrons. The van der Waals surface area contributed by atoms with Gasteiger partial charge in [-0.2, -0.15) is 0 Å². The molecule has 0 bridgehead atoms. The zero-order valence-electron chi connectivity index (χ0n) is 65.4. The molecule has 6 heteroatoms. The molecule has 18 aromatic carbocycles. The summed E-state index contributed by atoms with van der Waals surface area (Å²) in [5.74, 6) is 1.39. The minimum atomic E-state index is 0.687. The van der Waals surface area contributed by atoms with Gasteiger partial charge in [0.15, 0.2) is 11.6 Å². The fourth-order valence-electron chi connectivity index (χ4n) is 16.9. The molecule has 6 nitrogen and oxygen atoms in total. The topological polar surface area (TPSA) is 77.3 Å². The number of rotatable bonds is 14. The second-order valence-electron chi connectivity index (χ2n) is 30.4. The molecule has 4 heterocycles. The van der Waals surface area contributed by atoms with Gasteiger partial charge >= 0.3 is 0 Å². The molecule has 0 saturated heterocycles. The molecule has 0 spiro atoms. The largest absolute Gasteiger partial charge is 0.247 e. The molecule has 0 aliphatic rings. The van der Waals surface area contributed by atoms with Crippen molar-refractivity contribution in [1.82, 2.24) is 29.9 Å². The van der Waals surface area contributed by atoms with Gasteiger partial charge in [-0.1, -0.05) is 382 Å². The molecule has 0 saturated carbocycles. The van der Waals surface area contributed by atoms with Crippen LogP contribution in [-0.2, 0) is 0 Å². The first-order chi connectivity index (χ1) is 59.4. The second kappa shape index (κ2) is 31.6. The molecule has 4 aromatic heterocycles. The van der Waals surface area contributed by atoms with Gasteiger partial charge in [0.25, 0.3) is 0 Å². The van der Waals surface area contributed by atoms with Gasteiger partial charge in [-0.15, -0.1) is 0 Å². The fourth-order valence-corrected chi connectivity index (χ4v) is 16.9. The van der Waals surface area contributed by atoms with Crippen LogP contribution in [0.2, 0.25) is 0 Å². The number of benzene rings is 18. The van der Waals surface area contributed by atoms with E-state index in [4.69, 9.17) is 29.9 Å². The number of hydrogen-bond donors (Lipinski definition) is 0. The van der Waals surface area contributed by atoms with Gasteiger partial charge in [0.2, 0.25) is 0 Å². The van der Waals surface area contributed by atoms with E-state index in [1.54, 1.807) is 0 Å². The van der Waals surface area contributed by atoms with Gasteiger partial charge in [-0.25, -0.2) is 29.9 Å². The first-order valence-electron chi connectivity index (χ1n) is 40.7. The van der Waals surface area contributed by atoms with E-state index < -0.39 is 0 Å². The van der Waals surface area contributed by atoms with Crippen LogP contribution in [0.15, 0.2) is 449 Å². The summed E-state index contributed by atoms with van der Waals surface area (Å²) in [7, 11) is 0. The van der Waals surface area contributed by atoms with Crippen molar-refractivity contribution in [2.24, 2.45) is 0 Å². The van der Waals surface area contributed by atoms with Crippen molar-refractivity contribution in [2.75, 3.05) is 0 Å². The summed E-state index contributed by atoms with van der Waals surface area (Å²) < 4.78 is 0. The molecule has 0 unspecified atom stereocenters. The number of pyridine rings is 2. The van der Waals surface area contributed by atoms with Crippen molar-refractivity contribution in [2.45, 2.75) is 0 Å². The lowest BCUT2D eigenvalue weighted by atomic mass is 9.91. The summed E-state index contributed by atoms with van der Waals surface area (Å²) in [5, 5.41) is 11.7. The van der Waals surface area contributed by atoms with Crippen LogP contribution in [0.4, 0.5) is 0 Å². The van der Waals surface area contributed by atoms with E-state index in [-0.39, 0.29) is 0 Å². The highest BCUT2D eigenvalue weighted by atomic mass is 14.9. The lowest BCUT2D eigenvalue weighted by molar-refractivity contribution is 1.18. The Kier molecular flexibility index (Phi) is 18.9. The normalized spacial score (nSPS) is 11.3. The van der Waals surface area contributed by atoms with E-state index in [9.17, 15) is 0 Å².